The Labute approximate surface area is 140 Å². The lowest BCUT2D eigenvalue weighted by Crippen LogP contribution is -2.14. The number of aromatic amines is 1. The standard InChI is InChI=1S/C17H21N3O4/c1-2-23-16(21)13-22-10-11-24-20-12-15(17-18-8-9-19-17)14-6-4-3-5-7-14/h3-9,12,15H,2,10-11,13H2,1H3,(H,18,19). The highest BCUT2D eigenvalue weighted by atomic mass is 16.6. The number of hydrogen-bond donors (Lipinski definition) is 1. The fourth-order valence-corrected chi connectivity index (χ4v) is 2.03. The molecule has 0 saturated heterocycles. The number of imidazole rings is 1. The van der Waals surface area contributed by atoms with Gasteiger partial charge in [-0.25, -0.2) is 9.78 Å². The predicted octanol–water partition coefficient (Wildman–Crippen LogP) is 2.12. The molecule has 0 spiro atoms. The van der Waals surface area contributed by atoms with Gasteiger partial charge in [0.2, 0.25) is 0 Å². The van der Waals surface area contributed by atoms with Crippen LogP contribution in [-0.4, -0.2) is 48.6 Å². The molecule has 1 aromatic heterocycles. The first-order chi connectivity index (χ1) is 11.8. The Hall–Kier alpha value is -2.67. The van der Waals surface area contributed by atoms with E-state index in [2.05, 4.69) is 15.1 Å². The summed E-state index contributed by atoms with van der Waals surface area (Å²) < 4.78 is 9.87. The van der Waals surface area contributed by atoms with Gasteiger partial charge >= 0.3 is 5.97 Å². The summed E-state index contributed by atoms with van der Waals surface area (Å²) in [6.07, 6.45) is 5.14. The molecule has 1 unspecified atom stereocenters. The Balaban J connectivity index is 1.78. The van der Waals surface area contributed by atoms with Crippen LogP contribution in [-0.2, 0) is 19.1 Å². The molecular weight excluding hydrogens is 310 g/mol. The number of carbonyl (C=O) groups is 1. The first-order valence-corrected chi connectivity index (χ1v) is 7.74. The molecule has 24 heavy (non-hydrogen) atoms. The number of ether oxygens (including phenoxy) is 2. The second-order valence-corrected chi connectivity index (χ2v) is 4.81. The van der Waals surface area contributed by atoms with Crippen LogP contribution < -0.4 is 0 Å². The molecule has 2 aromatic rings. The molecule has 2 rings (SSSR count). The van der Waals surface area contributed by atoms with Crippen molar-refractivity contribution in [2.24, 2.45) is 5.16 Å². The van der Waals surface area contributed by atoms with Gasteiger partial charge in [-0.15, -0.1) is 0 Å². The zero-order chi connectivity index (χ0) is 17.0. The second-order valence-electron chi connectivity index (χ2n) is 4.81. The van der Waals surface area contributed by atoms with Gasteiger partial charge in [0.1, 0.15) is 19.0 Å². The van der Waals surface area contributed by atoms with Crippen LogP contribution in [0.2, 0.25) is 0 Å². The van der Waals surface area contributed by atoms with Gasteiger partial charge in [0, 0.05) is 12.4 Å². The molecule has 7 heteroatoms. The molecule has 0 saturated carbocycles. The van der Waals surface area contributed by atoms with Gasteiger partial charge in [0.15, 0.2) is 0 Å². The van der Waals surface area contributed by atoms with Crippen molar-refractivity contribution < 1.29 is 19.1 Å². The van der Waals surface area contributed by atoms with E-state index in [9.17, 15) is 4.79 Å². The Bertz CT molecular complexity index is 614. The van der Waals surface area contributed by atoms with Crippen molar-refractivity contribution in [2.45, 2.75) is 12.8 Å². The highest BCUT2D eigenvalue weighted by molar-refractivity contribution is 5.71. The van der Waals surface area contributed by atoms with E-state index in [0.29, 0.717) is 6.61 Å². The summed E-state index contributed by atoms with van der Waals surface area (Å²) in [5, 5.41) is 3.98. The van der Waals surface area contributed by atoms with Crippen molar-refractivity contribution in [1.82, 2.24) is 9.97 Å². The van der Waals surface area contributed by atoms with Crippen molar-refractivity contribution in [2.75, 3.05) is 26.4 Å². The zero-order valence-electron chi connectivity index (χ0n) is 13.6. The van der Waals surface area contributed by atoms with Crippen LogP contribution in [0, 0.1) is 0 Å². The highest BCUT2D eigenvalue weighted by Gasteiger charge is 2.14. The number of benzene rings is 1. The molecule has 0 amide bonds. The van der Waals surface area contributed by atoms with Crippen molar-refractivity contribution in [3.63, 3.8) is 0 Å². The molecule has 0 aliphatic rings. The molecule has 1 atom stereocenters. The number of aromatic nitrogens is 2. The molecule has 0 fully saturated rings. The number of nitrogens with one attached hydrogen (secondary N) is 1. The quantitative estimate of drug-likeness (QED) is 0.312. The average Bonchev–Trinajstić information content (AvgIpc) is 3.12. The van der Waals surface area contributed by atoms with Gasteiger partial charge in [0.05, 0.1) is 25.3 Å². The van der Waals surface area contributed by atoms with E-state index in [4.69, 9.17) is 14.3 Å². The minimum atomic E-state index is -0.386. The topological polar surface area (TPSA) is 85.8 Å². The second kappa shape index (κ2) is 10.2. The first-order valence-electron chi connectivity index (χ1n) is 7.74. The number of nitrogens with zero attached hydrogens (tertiary/aromatic N) is 2. The number of rotatable bonds is 10. The van der Waals surface area contributed by atoms with E-state index in [1.807, 2.05) is 30.3 Å². The van der Waals surface area contributed by atoms with Crippen molar-refractivity contribution in [1.29, 1.82) is 0 Å². The third kappa shape index (κ3) is 5.85. The lowest BCUT2D eigenvalue weighted by atomic mass is 10.00. The van der Waals surface area contributed by atoms with Crippen LogP contribution in [0.4, 0.5) is 0 Å². The molecule has 1 N–H and O–H groups in total. The Morgan fingerprint density at radius 3 is 2.88 bits per heavy atom. The van der Waals surface area contributed by atoms with Crippen molar-refractivity contribution in [3.05, 3.63) is 54.1 Å². The maximum atomic E-state index is 11.1. The summed E-state index contributed by atoms with van der Waals surface area (Å²) in [5.74, 6) is 0.275. The Kier molecular flexibility index (Phi) is 7.49. The van der Waals surface area contributed by atoms with Crippen LogP contribution in [0.15, 0.2) is 47.9 Å². The lowest BCUT2D eigenvalue weighted by Gasteiger charge is -2.09. The number of carbonyl (C=O) groups excluding carboxylic acids is 1. The smallest absolute Gasteiger partial charge is 0.332 e. The van der Waals surface area contributed by atoms with Gasteiger partial charge < -0.3 is 19.3 Å². The average molecular weight is 331 g/mol. The summed E-state index contributed by atoms with van der Waals surface area (Å²) in [4.78, 5) is 23.6. The molecule has 0 bridgehead atoms. The summed E-state index contributed by atoms with van der Waals surface area (Å²) in [6.45, 7) is 2.51. The summed E-state index contributed by atoms with van der Waals surface area (Å²) >= 11 is 0. The van der Waals surface area contributed by atoms with Crippen molar-refractivity contribution in [3.8, 4) is 0 Å². The molecule has 1 heterocycles. The fourth-order valence-electron chi connectivity index (χ4n) is 2.03. The minimum Gasteiger partial charge on any atom is -0.464 e. The number of hydrogen-bond acceptors (Lipinski definition) is 6. The molecule has 0 radical (unpaired) electrons. The van der Waals surface area contributed by atoms with Gasteiger partial charge in [-0.2, -0.15) is 0 Å². The van der Waals surface area contributed by atoms with E-state index >= 15 is 0 Å². The number of esters is 1. The number of oxime groups is 1. The highest BCUT2D eigenvalue weighted by Crippen LogP contribution is 2.19. The van der Waals surface area contributed by atoms with E-state index < -0.39 is 0 Å². The fraction of sp³-hybridized carbons (Fsp3) is 0.353. The SMILES string of the molecule is CCOC(=O)COCCON=CC(c1ccccc1)c1ncc[nH]1. The monoisotopic (exact) mass is 331 g/mol. The Morgan fingerprint density at radius 2 is 2.17 bits per heavy atom. The third-order valence-corrected chi connectivity index (χ3v) is 3.10. The number of H-pyrrole nitrogens is 1. The Morgan fingerprint density at radius 1 is 1.33 bits per heavy atom. The van der Waals surface area contributed by atoms with E-state index in [1.54, 1.807) is 25.5 Å². The van der Waals surface area contributed by atoms with Crippen LogP contribution in [0.3, 0.4) is 0 Å². The van der Waals surface area contributed by atoms with Gasteiger partial charge in [-0.3, -0.25) is 0 Å². The summed E-state index contributed by atoms with van der Waals surface area (Å²) in [7, 11) is 0. The molecule has 128 valence electrons. The molecule has 7 nitrogen and oxygen atoms in total. The zero-order valence-corrected chi connectivity index (χ0v) is 13.6. The van der Waals surface area contributed by atoms with Crippen molar-refractivity contribution >= 4 is 12.2 Å². The third-order valence-electron chi connectivity index (χ3n) is 3.10. The van der Waals surface area contributed by atoms with E-state index in [-0.39, 0.29) is 31.7 Å². The van der Waals surface area contributed by atoms with Gasteiger partial charge in [0.25, 0.3) is 0 Å². The van der Waals surface area contributed by atoms with E-state index in [0.717, 1.165) is 11.4 Å². The van der Waals surface area contributed by atoms with Gasteiger partial charge in [-0.05, 0) is 12.5 Å². The maximum absolute atomic E-state index is 11.1. The first kappa shape index (κ1) is 17.7. The lowest BCUT2D eigenvalue weighted by molar-refractivity contribution is -0.148. The minimum absolute atomic E-state index is 0.0834. The van der Waals surface area contributed by atoms with Gasteiger partial charge in [-0.1, -0.05) is 35.5 Å². The van der Waals surface area contributed by atoms with Crippen LogP contribution in [0.1, 0.15) is 24.2 Å². The normalized spacial score (nSPS) is 12.2. The maximum Gasteiger partial charge on any atom is 0.332 e. The van der Waals surface area contributed by atoms with Crippen LogP contribution in [0.25, 0.3) is 0 Å². The predicted molar refractivity (Wildman–Crippen MR) is 88.8 cm³/mol. The van der Waals surface area contributed by atoms with Crippen LogP contribution in [0.5, 0.6) is 0 Å². The summed E-state index contributed by atoms with van der Waals surface area (Å²) in [5.41, 5.74) is 1.05. The van der Waals surface area contributed by atoms with Crippen LogP contribution >= 0.6 is 0 Å². The molecule has 1 aromatic carbocycles. The van der Waals surface area contributed by atoms with E-state index in [1.165, 1.54) is 0 Å². The molecule has 0 aliphatic heterocycles. The largest absolute Gasteiger partial charge is 0.464 e. The molecular formula is C17H21N3O4. The molecule has 0 aliphatic carbocycles. The summed E-state index contributed by atoms with van der Waals surface area (Å²) in [6, 6.07) is 9.88.